The second-order valence-electron chi connectivity index (χ2n) is 11.2. The van der Waals surface area contributed by atoms with E-state index in [-0.39, 0.29) is 5.41 Å². The summed E-state index contributed by atoms with van der Waals surface area (Å²) in [7, 11) is 0. The zero-order valence-corrected chi connectivity index (χ0v) is 23.6. The Hall–Kier alpha value is -3.13. The molecule has 4 aromatic rings. The lowest BCUT2D eigenvalue weighted by Crippen LogP contribution is -2.38. The summed E-state index contributed by atoms with van der Waals surface area (Å²) in [4.78, 5) is 0. The van der Waals surface area contributed by atoms with Crippen molar-refractivity contribution in [1.29, 1.82) is 0 Å². The number of aromatic nitrogens is 2. The predicted molar refractivity (Wildman–Crippen MR) is 160 cm³/mol. The molecule has 0 aliphatic heterocycles. The standard InChI is InChI=1S/C36H47N2/c1-3-4-5-6-7-8-9-19-26-35(38-28-27-37(31-38)30-33-22-15-11-16-23-33)36(2,34-24-17-12-18-25-34)29-32-20-13-10-14-21-32/h10-18,20-25,27-28,31,35H,3-9,19,26,29-30H2,1-2H3/q+1. The highest BCUT2D eigenvalue weighted by molar-refractivity contribution is 5.31. The molecular weight excluding hydrogens is 460 g/mol. The van der Waals surface area contributed by atoms with E-state index in [0.717, 1.165) is 13.0 Å². The first-order valence-electron chi connectivity index (χ1n) is 14.9. The second-order valence-corrected chi connectivity index (χ2v) is 11.2. The molecule has 1 heterocycles. The molecule has 0 saturated heterocycles. The van der Waals surface area contributed by atoms with Crippen LogP contribution in [0, 0.1) is 0 Å². The fourth-order valence-electron chi connectivity index (χ4n) is 6.00. The fourth-order valence-corrected chi connectivity index (χ4v) is 6.00. The first kappa shape index (κ1) is 27.9. The molecule has 0 spiro atoms. The number of hydrogen-bond acceptors (Lipinski definition) is 0. The van der Waals surface area contributed by atoms with Crippen LogP contribution in [0.4, 0.5) is 0 Å². The molecule has 2 unspecified atom stereocenters. The average Bonchev–Trinajstić information content (AvgIpc) is 3.41. The zero-order chi connectivity index (χ0) is 26.5. The number of unbranched alkanes of at least 4 members (excludes halogenated alkanes) is 7. The maximum atomic E-state index is 2.51. The summed E-state index contributed by atoms with van der Waals surface area (Å²) in [5, 5.41) is 0. The molecule has 0 amide bonds. The van der Waals surface area contributed by atoms with Gasteiger partial charge in [-0.05, 0) is 36.0 Å². The first-order valence-corrected chi connectivity index (χ1v) is 14.9. The van der Waals surface area contributed by atoms with Crippen LogP contribution in [0.2, 0.25) is 0 Å². The molecule has 200 valence electrons. The van der Waals surface area contributed by atoms with Gasteiger partial charge in [-0.2, -0.15) is 0 Å². The molecule has 0 aliphatic rings. The molecule has 0 bridgehead atoms. The Balaban J connectivity index is 1.57. The SMILES string of the molecule is CCCCCCCCCCC(n1cc[n+](Cc2ccccc2)c1)C(C)(Cc1ccccc1)c1ccccc1. The number of nitrogens with zero attached hydrogens (tertiary/aromatic N) is 2. The fraction of sp³-hybridized carbons (Fsp3) is 0.417. The topological polar surface area (TPSA) is 8.81 Å². The summed E-state index contributed by atoms with van der Waals surface area (Å²) < 4.78 is 4.85. The highest BCUT2D eigenvalue weighted by atomic mass is 15.1. The third kappa shape index (κ3) is 7.93. The molecule has 0 radical (unpaired) electrons. The van der Waals surface area contributed by atoms with Gasteiger partial charge in [-0.25, -0.2) is 9.13 Å². The van der Waals surface area contributed by atoms with Crippen LogP contribution in [-0.2, 0) is 18.4 Å². The van der Waals surface area contributed by atoms with Crippen molar-refractivity contribution in [3.63, 3.8) is 0 Å². The Morgan fingerprint density at radius 1 is 0.684 bits per heavy atom. The number of rotatable bonds is 16. The summed E-state index contributed by atoms with van der Waals surface area (Å²) in [5.41, 5.74) is 4.15. The quantitative estimate of drug-likeness (QED) is 0.106. The minimum atomic E-state index is -0.0205. The molecule has 0 fully saturated rings. The van der Waals surface area contributed by atoms with Crippen molar-refractivity contribution in [3.05, 3.63) is 126 Å². The Kier molecular flexibility index (Phi) is 10.8. The maximum absolute atomic E-state index is 2.51. The Labute approximate surface area is 231 Å². The highest BCUT2D eigenvalue weighted by Crippen LogP contribution is 2.41. The van der Waals surface area contributed by atoms with Crippen molar-refractivity contribution in [3.8, 4) is 0 Å². The minimum absolute atomic E-state index is 0.0205. The average molecular weight is 508 g/mol. The lowest BCUT2D eigenvalue weighted by Gasteiger charge is -2.37. The third-order valence-electron chi connectivity index (χ3n) is 8.19. The molecule has 0 N–H and O–H groups in total. The lowest BCUT2D eigenvalue weighted by atomic mass is 9.70. The van der Waals surface area contributed by atoms with Crippen molar-refractivity contribution in [1.82, 2.24) is 4.57 Å². The zero-order valence-electron chi connectivity index (χ0n) is 23.6. The van der Waals surface area contributed by atoms with Gasteiger partial charge in [0.15, 0.2) is 0 Å². The molecule has 2 atom stereocenters. The predicted octanol–water partition coefficient (Wildman–Crippen LogP) is 9.10. The van der Waals surface area contributed by atoms with E-state index in [2.05, 4.69) is 133 Å². The number of benzene rings is 3. The van der Waals surface area contributed by atoms with Crippen LogP contribution < -0.4 is 4.57 Å². The largest absolute Gasteiger partial charge is 0.244 e. The van der Waals surface area contributed by atoms with Gasteiger partial charge in [0.2, 0.25) is 6.33 Å². The molecule has 38 heavy (non-hydrogen) atoms. The lowest BCUT2D eigenvalue weighted by molar-refractivity contribution is -0.688. The summed E-state index contributed by atoms with van der Waals surface area (Å²) in [5.74, 6) is 0. The molecule has 2 nitrogen and oxygen atoms in total. The summed E-state index contributed by atoms with van der Waals surface area (Å²) in [6.45, 7) is 5.69. The number of imidazole rings is 1. The van der Waals surface area contributed by atoms with Gasteiger partial charge in [0, 0.05) is 5.41 Å². The van der Waals surface area contributed by atoms with Crippen LogP contribution in [0.3, 0.4) is 0 Å². The summed E-state index contributed by atoms with van der Waals surface area (Å²) in [6, 6.07) is 33.4. The van der Waals surface area contributed by atoms with Crippen molar-refractivity contribution < 1.29 is 4.57 Å². The molecule has 4 rings (SSSR count). The van der Waals surface area contributed by atoms with E-state index in [1.807, 2.05) is 0 Å². The monoisotopic (exact) mass is 507 g/mol. The second kappa shape index (κ2) is 14.7. The molecular formula is C36H47N2+. The van der Waals surface area contributed by atoms with Crippen molar-refractivity contribution >= 4 is 0 Å². The van der Waals surface area contributed by atoms with Crippen molar-refractivity contribution in [2.75, 3.05) is 0 Å². The van der Waals surface area contributed by atoms with Gasteiger partial charge in [-0.3, -0.25) is 0 Å². The van der Waals surface area contributed by atoms with Crippen LogP contribution >= 0.6 is 0 Å². The van der Waals surface area contributed by atoms with Crippen LogP contribution in [0.5, 0.6) is 0 Å². The van der Waals surface area contributed by atoms with E-state index in [4.69, 9.17) is 0 Å². The Morgan fingerprint density at radius 2 is 1.24 bits per heavy atom. The normalized spacial score (nSPS) is 13.7. The minimum Gasteiger partial charge on any atom is -0.233 e. The molecule has 3 aromatic carbocycles. The van der Waals surface area contributed by atoms with Crippen LogP contribution in [0.25, 0.3) is 0 Å². The third-order valence-corrected chi connectivity index (χ3v) is 8.19. The van der Waals surface area contributed by atoms with E-state index >= 15 is 0 Å². The van der Waals surface area contributed by atoms with Gasteiger partial charge in [-0.1, -0.05) is 150 Å². The Bertz CT molecular complexity index is 1170. The van der Waals surface area contributed by atoms with E-state index in [0.29, 0.717) is 6.04 Å². The van der Waals surface area contributed by atoms with Crippen LogP contribution in [0.1, 0.15) is 94.4 Å². The molecule has 2 heteroatoms. The molecule has 0 saturated carbocycles. The smallest absolute Gasteiger partial charge is 0.233 e. The van der Waals surface area contributed by atoms with E-state index < -0.39 is 0 Å². The van der Waals surface area contributed by atoms with E-state index in [9.17, 15) is 0 Å². The Morgan fingerprint density at radius 3 is 1.87 bits per heavy atom. The number of hydrogen-bond donors (Lipinski definition) is 0. The van der Waals surface area contributed by atoms with Crippen LogP contribution in [-0.4, -0.2) is 4.57 Å². The first-order chi connectivity index (χ1) is 18.7. The van der Waals surface area contributed by atoms with E-state index in [1.54, 1.807) is 0 Å². The van der Waals surface area contributed by atoms with Crippen molar-refractivity contribution in [2.24, 2.45) is 0 Å². The molecule has 1 aromatic heterocycles. The van der Waals surface area contributed by atoms with Gasteiger partial charge < -0.3 is 0 Å². The van der Waals surface area contributed by atoms with Crippen molar-refractivity contribution in [2.45, 2.75) is 96.1 Å². The highest BCUT2D eigenvalue weighted by Gasteiger charge is 2.40. The maximum Gasteiger partial charge on any atom is 0.244 e. The van der Waals surface area contributed by atoms with Crippen LogP contribution in [0.15, 0.2) is 110 Å². The summed E-state index contributed by atoms with van der Waals surface area (Å²) >= 11 is 0. The van der Waals surface area contributed by atoms with Gasteiger partial charge in [0.05, 0.1) is 0 Å². The molecule has 0 aliphatic carbocycles. The van der Waals surface area contributed by atoms with E-state index in [1.165, 1.54) is 74.5 Å². The van der Waals surface area contributed by atoms with Gasteiger partial charge in [0.25, 0.3) is 0 Å². The summed E-state index contributed by atoms with van der Waals surface area (Å²) in [6.07, 6.45) is 19.9. The van der Waals surface area contributed by atoms with Gasteiger partial charge >= 0.3 is 0 Å². The van der Waals surface area contributed by atoms with Gasteiger partial charge in [0.1, 0.15) is 25.0 Å². The van der Waals surface area contributed by atoms with Gasteiger partial charge in [-0.15, -0.1) is 0 Å².